The van der Waals surface area contributed by atoms with E-state index in [0.717, 1.165) is 11.3 Å². The molecular weight excluding hydrogens is 416 g/mol. The molecule has 0 amide bonds. The molecule has 0 bridgehead atoms. The summed E-state index contributed by atoms with van der Waals surface area (Å²) in [4.78, 5) is 8.33. The van der Waals surface area contributed by atoms with Crippen LogP contribution in [0.25, 0.3) is 23.0 Å². The zero-order valence-corrected chi connectivity index (χ0v) is 16.8. The summed E-state index contributed by atoms with van der Waals surface area (Å²) in [6.45, 7) is 3.11. The van der Waals surface area contributed by atoms with Gasteiger partial charge in [0.25, 0.3) is 5.89 Å². The SMILES string of the molecule is Cc1cc(-c2nc(-c3ccc(OC(C)(F)F)cc3)no2)nn1Cc1ccnc(Cl)c1. The monoisotopic (exact) mass is 431 g/mol. The largest absolute Gasteiger partial charge is 0.433 e. The van der Waals surface area contributed by atoms with Crippen LogP contribution in [0.4, 0.5) is 8.78 Å². The first-order chi connectivity index (χ1) is 14.3. The third kappa shape index (κ3) is 4.62. The van der Waals surface area contributed by atoms with Crippen molar-refractivity contribution in [3.05, 3.63) is 65.1 Å². The average molecular weight is 432 g/mol. The second-order valence-corrected chi connectivity index (χ2v) is 7.06. The van der Waals surface area contributed by atoms with Crippen molar-refractivity contribution in [2.45, 2.75) is 26.5 Å². The zero-order chi connectivity index (χ0) is 21.3. The molecule has 0 atom stereocenters. The quantitative estimate of drug-likeness (QED) is 0.400. The Morgan fingerprint density at radius 3 is 2.63 bits per heavy atom. The van der Waals surface area contributed by atoms with Crippen molar-refractivity contribution in [1.82, 2.24) is 24.9 Å². The van der Waals surface area contributed by atoms with Crippen LogP contribution in [0.3, 0.4) is 0 Å². The minimum absolute atomic E-state index is 0.0422. The zero-order valence-electron chi connectivity index (χ0n) is 16.0. The predicted molar refractivity (Wildman–Crippen MR) is 105 cm³/mol. The molecule has 7 nitrogen and oxygen atoms in total. The molecule has 0 aliphatic rings. The molecule has 0 saturated heterocycles. The third-order valence-electron chi connectivity index (χ3n) is 4.16. The minimum atomic E-state index is -3.25. The summed E-state index contributed by atoms with van der Waals surface area (Å²) < 4.78 is 37.5. The minimum Gasteiger partial charge on any atom is -0.433 e. The van der Waals surface area contributed by atoms with Crippen molar-refractivity contribution in [2.24, 2.45) is 0 Å². The number of ether oxygens (including phenoxy) is 1. The van der Waals surface area contributed by atoms with E-state index in [4.69, 9.17) is 16.1 Å². The molecule has 0 radical (unpaired) electrons. The van der Waals surface area contributed by atoms with E-state index in [2.05, 4.69) is 25.0 Å². The molecule has 0 N–H and O–H groups in total. The highest BCUT2D eigenvalue weighted by Crippen LogP contribution is 2.26. The van der Waals surface area contributed by atoms with Gasteiger partial charge < -0.3 is 9.26 Å². The topological polar surface area (TPSA) is 78.9 Å². The summed E-state index contributed by atoms with van der Waals surface area (Å²) in [5, 5.41) is 8.89. The second kappa shape index (κ2) is 7.83. The first kappa shape index (κ1) is 20.0. The molecular formula is C20H16ClF2N5O2. The molecule has 30 heavy (non-hydrogen) atoms. The molecule has 3 aromatic heterocycles. The van der Waals surface area contributed by atoms with E-state index in [1.807, 2.05) is 19.1 Å². The first-order valence-electron chi connectivity index (χ1n) is 8.93. The van der Waals surface area contributed by atoms with Crippen LogP contribution in [0, 0.1) is 6.92 Å². The van der Waals surface area contributed by atoms with E-state index in [-0.39, 0.29) is 11.6 Å². The molecule has 4 rings (SSSR count). The van der Waals surface area contributed by atoms with Gasteiger partial charge in [0.05, 0.1) is 6.54 Å². The molecule has 0 unspecified atom stereocenters. The molecule has 4 aromatic rings. The van der Waals surface area contributed by atoms with Gasteiger partial charge in [-0.3, -0.25) is 4.68 Å². The molecule has 0 spiro atoms. The molecule has 0 aliphatic heterocycles. The fourth-order valence-electron chi connectivity index (χ4n) is 2.81. The van der Waals surface area contributed by atoms with Crippen molar-refractivity contribution in [3.8, 4) is 28.7 Å². The van der Waals surface area contributed by atoms with Crippen LogP contribution in [-0.4, -0.2) is 31.0 Å². The lowest BCUT2D eigenvalue weighted by Crippen LogP contribution is -2.18. The second-order valence-electron chi connectivity index (χ2n) is 6.67. The fraction of sp³-hybridized carbons (Fsp3) is 0.200. The Hall–Kier alpha value is -3.33. The molecule has 1 aromatic carbocycles. The molecule has 3 heterocycles. The number of nitrogens with zero attached hydrogens (tertiary/aromatic N) is 5. The van der Waals surface area contributed by atoms with Crippen LogP contribution in [0.2, 0.25) is 5.15 Å². The third-order valence-corrected chi connectivity index (χ3v) is 4.37. The van der Waals surface area contributed by atoms with Crippen molar-refractivity contribution in [2.75, 3.05) is 0 Å². The lowest BCUT2D eigenvalue weighted by Gasteiger charge is -2.12. The van der Waals surface area contributed by atoms with E-state index < -0.39 is 6.11 Å². The van der Waals surface area contributed by atoms with Gasteiger partial charge in [-0.2, -0.15) is 18.9 Å². The average Bonchev–Trinajstić information content (AvgIpc) is 3.29. The van der Waals surface area contributed by atoms with Crippen LogP contribution >= 0.6 is 11.6 Å². The summed E-state index contributed by atoms with van der Waals surface area (Å²) in [7, 11) is 0. The highest BCUT2D eigenvalue weighted by atomic mass is 35.5. The summed E-state index contributed by atoms with van der Waals surface area (Å²) in [5.41, 5.74) is 2.98. The number of aromatic nitrogens is 5. The smallest absolute Gasteiger partial charge is 0.394 e. The van der Waals surface area contributed by atoms with Crippen molar-refractivity contribution in [1.29, 1.82) is 0 Å². The van der Waals surface area contributed by atoms with Crippen LogP contribution in [0.1, 0.15) is 18.2 Å². The van der Waals surface area contributed by atoms with Crippen LogP contribution in [0.5, 0.6) is 5.75 Å². The van der Waals surface area contributed by atoms with Crippen molar-refractivity contribution < 1.29 is 18.0 Å². The van der Waals surface area contributed by atoms with E-state index in [1.165, 1.54) is 12.1 Å². The highest BCUT2D eigenvalue weighted by Gasteiger charge is 2.23. The Morgan fingerprint density at radius 1 is 1.17 bits per heavy atom. The molecule has 0 aliphatic carbocycles. The first-order valence-corrected chi connectivity index (χ1v) is 9.31. The van der Waals surface area contributed by atoms with Crippen molar-refractivity contribution >= 4 is 11.6 Å². The fourth-order valence-corrected chi connectivity index (χ4v) is 3.01. The van der Waals surface area contributed by atoms with Crippen LogP contribution in [0.15, 0.2) is 53.2 Å². The van der Waals surface area contributed by atoms with Crippen molar-refractivity contribution in [3.63, 3.8) is 0 Å². The van der Waals surface area contributed by atoms with E-state index in [9.17, 15) is 8.78 Å². The van der Waals surface area contributed by atoms with Gasteiger partial charge in [-0.15, -0.1) is 0 Å². The van der Waals surface area contributed by atoms with E-state index >= 15 is 0 Å². The van der Waals surface area contributed by atoms with Gasteiger partial charge in [0.1, 0.15) is 10.9 Å². The van der Waals surface area contributed by atoms with E-state index in [0.29, 0.717) is 35.7 Å². The maximum atomic E-state index is 12.9. The maximum Gasteiger partial charge on any atom is 0.394 e. The summed E-state index contributed by atoms with van der Waals surface area (Å²) in [5.74, 6) is 0.605. The Morgan fingerprint density at radius 2 is 1.93 bits per heavy atom. The number of aryl methyl sites for hydroxylation is 1. The van der Waals surface area contributed by atoms with Gasteiger partial charge in [-0.25, -0.2) is 4.98 Å². The number of hydrogen-bond donors (Lipinski definition) is 0. The van der Waals surface area contributed by atoms with Crippen LogP contribution in [-0.2, 0) is 6.54 Å². The molecule has 154 valence electrons. The van der Waals surface area contributed by atoms with Gasteiger partial charge in [-0.05, 0) is 55.0 Å². The van der Waals surface area contributed by atoms with Gasteiger partial charge >= 0.3 is 6.11 Å². The Bertz CT molecular complexity index is 1170. The summed E-state index contributed by atoms with van der Waals surface area (Å²) in [6.07, 6.45) is -1.61. The number of alkyl halides is 2. The van der Waals surface area contributed by atoms with Gasteiger partial charge in [0, 0.05) is 24.4 Å². The molecule has 0 saturated carbocycles. The lowest BCUT2D eigenvalue weighted by atomic mass is 10.2. The standard InChI is InChI=1S/C20H16ClF2N5O2/c1-12-9-16(26-28(12)11-13-7-8-24-17(21)10-13)19-25-18(27-30-19)14-3-5-15(6-4-14)29-20(2,22)23/h3-10H,11H2,1-2H3. The Kier molecular flexibility index (Phi) is 5.21. The maximum absolute atomic E-state index is 12.9. The summed E-state index contributed by atoms with van der Waals surface area (Å²) in [6, 6.07) is 11.5. The Balaban J connectivity index is 1.53. The normalized spacial score (nSPS) is 11.6. The van der Waals surface area contributed by atoms with E-state index in [1.54, 1.807) is 29.1 Å². The van der Waals surface area contributed by atoms with Gasteiger partial charge in [0.2, 0.25) is 5.82 Å². The van der Waals surface area contributed by atoms with Gasteiger partial charge in [-0.1, -0.05) is 16.8 Å². The Labute approximate surface area is 175 Å². The van der Waals surface area contributed by atoms with Gasteiger partial charge in [0.15, 0.2) is 5.69 Å². The predicted octanol–water partition coefficient (Wildman–Crippen LogP) is 5.00. The summed E-state index contributed by atoms with van der Waals surface area (Å²) >= 11 is 5.94. The number of benzene rings is 1. The molecule has 0 fully saturated rings. The number of pyridine rings is 1. The lowest BCUT2D eigenvalue weighted by molar-refractivity contribution is -0.158. The number of rotatable bonds is 6. The van der Waals surface area contributed by atoms with Crippen LogP contribution < -0.4 is 4.74 Å². The highest BCUT2D eigenvalue weighted by molar-refractivity contribution is 6.29. The molecule has 10 heteroatoms. The number of hydrogen-bond acceptors (Lipinski definition) is 6. The number of halogens is 3.